The van der Waals surface area contributed by atoms with Gasteiger partial charge in [-0.2, -0.15) is 0 Å². The maximum absolute atomic E-state index is 12.3. The largest absolute Gasteiger partial charge is 0.481 e. The van der Waals surface area contributed by atoms with Gasteiger partial charge in [0, 0.05) is 13.1 Å². The fourth-order valence-electron chi connectivity index (χ4n) is 2.42. The molecule has 1 heterocycles. The predicted molar refractivity (Wildman–Crippen MR) is 62.6 cm³/mol. The summed E-state index contributed by atoms with van der Waals surface area (Å²) in [6.45, 7) is 0.924. The van der Waals surface area contributed by atoms with Crippen molar-refractivity contribution >= 4 is 17.8 Å². The molecule has 0 aromatic carbocycles. The number of carbonyl (C=O) groups excluding carboxylic acids is 2. The lowest BCUT2D eigenvalue weighted by Crippen LogP contribution is -2.53. The Morgan fingerprint density at radius 3 is 2.56 bits per heavy atom. The van der Waals surface area contributed by atoms with Crippen molar-refractivity contribution in [3.8, 4) is 0 Å². The van der Waals surface area contributed by atoms with Crippen molar-refractivity contribution in [2.75, 3.05) is 19.6 Å². The summed E-state index contributed by atoms with van der Waals surface area (Å²) in [5.74, 6) is -2.57. The summed E-state index contributed by atoms with van der Waals surface area (Å²) in [6.07, 6.45) is 4.46. The molecule has 0 bridgehead atoms. The number of hydrogen-bond acceptors (Lipinski definition) is 3. The summed E-state index contributed by atoms with van der Waals surface area (Å²) in [6, 6.07) is 0. The molecule has 0 aromatic heterocycles. The van der Waals surface area contributed by atoms with Crippen LogP contribution in [0.25, 0.3) is 0 Å². The van der Waals surface area contributed by atoms with Crippen LogP contribution in [0.2, 0.25) is 0 Å². The SMILES string of the molecule is O=C1CN(C(=O)[C@@H]2CC=CC[C@@H]2C(=O)O)CCN1. The fourth-order valence-corrected chi connectivity index (χ4v) is 2.42. The van der Waals surface area contributed by atoms with Gasteiger partial charge >= 0.3 is 5.97 Å². The molecule has 0 radical (unpaired) electrons. The molecule has 1 fully saturated rings. The lowest BCUT2D eigenvalue weighted by atomic mass is 9.82. The van der Waals surface area contributed by atoms with Crippen molar-refractivity contribution in [2.24, 2.45) is 11.8 Å². The Morgan fingerprint density at radius 2 is 1.94 bits per heavy atom. The van der Waals surface area contributed by atoms with Crippen LogP contribution >= 0.6 is 0 Å². The lowest BCUT2D eigenvalue weighted by molar-refractivity contribution is -0.151. The number of hydrogen-bond donors (Lipinski definition) is 2. The highest BCUT2D eigenvalue weighted by molar-refractivity contribution is 5.89. The van der Waals surface area contributed by atoms with E-state index >= 15 is 0 Å². The second-order valence-electron chi connectivity index (χ2n) is 4.60. The molecular weight excluding hydrogens is 236 g/mol. The number of nitrogens with zero attached hydrogens (tertiary/aromatic N) is 1. The molecule has 6 nitrogen and oxygen atoms in total. The molecular formula is C12H16N2O4. The molecule has 0 aromatic rings. The highest BCUT2D eigenvalue weighted by Crippen LogP contribution is 2.27. The number of carboxylic acids is 1. The van der Waals surface area contributed by atoms with E-state index in [1.807, 2.05) is 6.08 Å². The van der Waals surface area contributed by atoms with Gasteiger partial charge in [-0.1, -0.05) is 12.2 Å². The Labute approximate surface area is 105 Å². The number of carboxylic acid groups (broad SMARTS) is 1. The predicted octanol–water partition coefficient (Wildman–Crippen LogP) is -0.388. The zero-order valence-corrected chi connectivity index (χ0v) is 9.96. The molecule has 2 atom stereocenters. The topological polar surface area (TPSA) is 86.7 Å². The number of amides is 2. The van der Waals surface area contributed by atoms with Gasteiger partial charge in [0.15, 0.2) is 0 Å². The van der Waals surface area contributed by atoms with Gasteiger partial charge in [0.2, 0.25) is 11.8 Å². The minimum atomic E-state index is -0.945. The quantitative estimate of drug-likeness (QED) is 0.655. The minimum absolute atomic E-state index is 0.0331. The van der Waals surface area contributed by atoms with Crippen LogP contribution in [0.4, 0.5) is 0 Å². The van der Waals surface area contributed by atoms with Gasteiger partial charge in [-0.15, -0.1) is 0 Å². The first-order valence-corrected chi connectivity index (χ1v) is 6.03. The van der Waals surface area contributed by atoms with Crippen LogP contribution < -0.4 is 5.32 Å². The summed E-state index contributed by atoms with van der Waals surface area (Å²) in [5, 5.41) is 11.8. The Hall–Kier alpha value is -1.85. The van der Waals surface area contributed by atoms with Crippen LogP contribution in [-0.4, -0.2) is 47.4 Å². The Kier molecular flexibility index (Phi) is 3.64. The molecule has 2 amide bonds. The highest BCUT2D eigenvalue weighted by Gasteiger charge is 2.37. The number of carbonyl (C=O) groups is 3. The van der Waals surface area contributed by atoms with E-state index in [1.165, 1.54) is 4.90 Å². The molecule has 2 N–H and O–H groups in total. The highest BCUT2D eigenvalue weighted by atomic mass is 16.4. The number of piperazine rings is 1. The first kappa shape index (κ1) is 12.6. The monoisotopic (exact) mass is 252 g/mol. The van der Waals surface area contributed by atoms with Crippen molar-refractivity contribution in [1.82, 2.24) is 10.2 Å². The lowest BCUT2D eigenvalue weighted by Gasteiger charge is -2.32. The maximum atomic E-state index is 12.3. The fraction of sp³-hybridized carbons (Fsp3) is 0.583. The third kappa shape index (κ3) is 2.52. The van der Waals surface area contributed by atoms with E-state index in [2.05, 4.69) is 5.32 Å². The Morgan fingerprint density at radius 1 is 1.28 bits per heavy atom. The molecule has 98 valence electrons. The van der Waals surface area contributed by atoms with Crippen LogP contribution in [0.3, 0.4) is 0 Å². The van der Waals surface area contributed by atoms with Gasteiger partial charge in [0.25, 0.3) is 0 Å². The standard InChI is InChI=1S/C12H16N2O4/c15-10-7-14(6-5-13-10)11(16)8-3-1-2-4-9(8)12(17)18/h1-2,8-9H,3-7H2,(H,13,15)(H,17,18)/t8-,9+/m1/s1. The van der Waals surface area contributed by atoms with E-state index in [0.29, 0.717) is 25.9 Å². The summed E-state index contributed by atoms with van der Waals surface area (Å²) in [5.41, 5.74) is 0. The van der Waals surface area contributed by atoms with Gasteiger partial charge in [0.1, 0.15) is 0 Å². The zero-order chi connectivity index (χ0) is 13.1. The van der Waals surface area contributed by atoms with Crippen molar-refractivity contribution in [1.29, 1.82) is 0 Å². The molecule has 1 aliphatic heterocycles. The Balaban J connectivity index is 2.08. The van der Waals surface area contributed by atoms with E-state index in [9.17, 15) is 14.4 Å². The third-order valence-electron chi connectivity index (χ3n) is 3.42. The van der Waals surface area contributed by atoms with Crippen molar-refractivity contribution in [3.63, 3.8) is 0 Å². The molecule has 1 aliphatic carbocycles. The number of nitrogens with one attached hydrogen (secondary N) is 1. The van der Waals surface area contributed by atoms with Crippen LogP contribution in [-0.2, 0) is 14.4 Å². The molecule has 18 heavy (non-hydrogen) atoms. The number of aliphatic carboxylic acids is 1. The maximum Gasteiger partial charge on any atom is 0.307 e. The van der Waals surface area contributed by atoms with Gasteiger partial charge in [0.05, 0.1) is 18.4 Å². The van der Waals surface area contributed by atoms with E-state index in [-0.39, 0.29) is 18.4 Å². The summed E-state index contributed by atoms with van der Waals surface area (Å²) >= 11 is 0. The summed E-state index contributed by atoms with van der Waals surface area (Å²) in [4.78, 5) is 36.1. The van der Waals surface area contributed by atoms with Gasteiger partial charge < -0.3 is 15.3 Å². The summed E-state index contributed by atoms with van der Waals surface area (Å²) in [7, 11) is 0. The second-order valence-corrected chi connectivity index (χ2v) is 4.60. The smallest absolute Gasteiger partial charge is 0.307 e. The molecule has 0 saturated carbocycles. The number of allylic oxidation sites excluding steroid dienone is 2. The molecule has 1 saturated heterocycles. The third-order valence-corrected chi connectivity index (χ3v) is 3.42. The molecule has 0 unspecified atom stereocenters. The van der Waals surface area contributed by atoms with Crippen LogP contribution in [0.5, 0.6) is 0 Å². The van der Waals surface area contributed by atoms with E-state index in [4.69, 9.17) is 5.11 Å². The van der Waals surface area contributed by atoms with Crippen molar-refractivity contribution < 1.29 is 19.5 Å². The van der Waals surface area contributed by atoms with Crippen molar-refractivity contribution in [2.45, 2.75) is 12.8 Å². The van der Waals surface area contributed by atoms with Gasteiger partial charge in [-0.25, -0.2) is 0 Å². The molecule has 6 heteroatoms. The van der Waals surface area contributed by atoms with Crippen LogP contribution in [0.15, 0.2) is 12.2 Å². The van der Waals surface area contributed by atoms with Gasteiger partial charge in [-0.3, -0.25) is 14.4 Å². The van der Waals surface area contributed by atoms with Crippen LogP contribution in [0, 0.1) is 11.8 Å². The Bertz CT molecular complexity index is 405. The van der Waals surface area contributed by atoms with Crippen molar-refractivity contribution in [3.05, 3.63) is 12.2 Å². The number of rotatable bonds is 2. The first-order chi connectivity index (χ1) is 8.59. The normalized spacial score (nSPS) is 27.8. The summed E-state index contributed by atoms with van der Waals surface area (Å²) < 4.78 is 0. The minimum Gasteiger partial charge on any atom is -0.481 e. The van der Waals surface area contributed by atoms with E-state index < -0.39 is 17.8 Å². The molecule has 0 spiro atoms. The van der Waals surface area contributed by atoms with Gasteiger partial charge in [-0.05, 0) is 12.8 Å². The average Bonchev–Trinajstić information content (AvgIpc) is 2.38. The van der Waals surface area contributed by atoms with E-state index in [1.54, 1.807) is 6.08 Å². The first-order valence-electron chi connectivity index (χ1n) is 6.03. The molecule has 2 aliphatic rings. The zero-order valence-electron chi connectivity index (χ0n) is 9.96. The second kappa shape index (κ2) is 5.20. The van der Waals surface area contributed by atoms with Crippen LogP contribution in [0.1, 0.15) is 12.8 Å². The van der Waals surface area contributed by atoms with E-state index in [0.717, 1.165) is 0 Å². The molecule has 2 rings (SSSR count). The average molecular weight is 252 g/mol.